The van der Waals surface area contributed by atoms with Crippen LogP contribution in [0, 0.1) is 5.82 Å². The van der Waals surface area contributed by atoms with Gasteiger partial charge in [-0.15, -0.1) is 0 Å². The van der Waals surface area contributed by atoms with Crippen molar-refractivity contribution in [2.24, 2.45) is 0 Å². The maximum atomic E-state index is 13.7. The monoisotopic (exact) mass is 353 g/mol. The van der Waals surface area contributed by atoms with Gasteiger partial charge in [0.1, 0.15) is 5.82 Å². The summed E-state index contributed by atoms with van der Waals surface area (Å²) in [5.74, 6) is 0.288. The fraction of sp³-hybridized carbons (Fsp3) is 0.417. The van der Waals surface area contributed by atoms with Crippen molar-refractivity contribution in [1.82, 2.24) is 0 Å². The molecule has 0 saturated carbocycles. The minimum Gasteiger partial charge on any atom is -0.364 e. The Morgan fingerprint density at radius 2 is 1.77 bits per heavy atom. The van der Waals surface area contributed by atoms with Crippen LogP contribution in [0.5, 0.6) is 0 Å². The number of hydrogen-bond donors (Lipinski definition) is 0. The van der Waals surface area contributed by atoms with E-state index in [0.29, 0.717) is 5.92 Å². The van der Waals surface area contributed by atoms with Gasteiger partial charge < -0.3 is 4.90 Å². The van der Waals surface area contributed by atoms with E-state index in [2.05, 4.69) is 56.5 Å². The van der Waals surface area contributed by atoms with Crippen molar-refractivity contribution in [3.63, 3.8) is 0 Å². The second kappa shape index (κ2) is 9.56. The Morgan fingerprint density at radius 3 is 2.38 bits per heavy atom. The summed E-state index contributed by atoms with van der Waals surface area (Å²) in [4.78, 5) is 2.13. The number of halogens is 1. The van der Waals surface area contributed by atoms with Crippen LogP contribution in [0.1, 0.15) is 69.5 Å². The van der Waals surface area contributed by atoms with Crippen LogP contribution in [0.25, 0.3) is 0 Å². The fourth-order valence-electron chi connectivity index (χ4n) is 3.71. The average Bonchev–Trinajstić information content (AvgIpc) is 2.62. The number of benzene rings is 2. The molecule has 26 heavy (non-hydrogen) atoms. The smallest absolute Gasteiger partial charge is 0.125 e. The highest BCUT2D eigenvalue weighted by atomic mass is 19.1. The van der Waals surface area contributed by atoms with Crippen molar-refractivity contribution in [2.45, 2.75) is 58.4 Å². The van der Waals surface area contributed by atoms with Gasteiger partial charge in [-0.3, -0.25) is 0 Å². The molecule has 0 aliphatic rings. The molecule has 2 aromatic rings. The van der Waals surface area contributed by atoms with Crippen LogP contribution in [0.15, 0.2) is 60.7 Å². The third-order valence-corrected chi connectivity index (χ3v) is 5.13. The second-order valence-electron chi connectivity index (χ2n) is 7.37. The summed E-state index contributed by atoms with van der Waals surface area (Å²) in [6.07, 6.45) is 4.96. The van der Waals surface area contributed by atoms with Crippen LogP contribution in [0.4, 0.5) is 10.1 Å². The molecule has 2 rings (SSSR count). The molecule has 0 N–H and O–H groups in total. The molecule has 0 spiro atoms. The van der Waals surface area contributed by atoms with Gasteiger partial charge in [0.2, 0.25) is 0 Å². The molecule has 0 amide bonds. The van der Waals surface area contributed by atoms with Crippen molar-refractivity contribution >= 4 is 5.69 Å². The van der Waals surface area contributed by atoms with Crippen LogP contribution in [-0.2, 0) is 0 Å². The van der Waals surface area contributed by atoms with Crippen LogP contribution in [-0.4, -0.2) is 7.05 Å². The molecular weight excluding hydrogens is 321 g/mol. The summed E-state index contributed by atoms with van der Waals surface area (Å²) in [6, 6.07) is 15.5. The molecule has 0 heterocycles. The summed E-state index contributed by atoms with van der Waals surface area (Å²) in [5, 5.41) is 0. The lowest BCUT2D eigenvalue weighted by molar-refractivity contribution is 0.590. The Kier molecular flexibility index (Phi) is 7.44. The second-order valence-corrected chi connectivity index (χ2v) is 7.37. The zero-order valence-electron chi connectivity index (χ0n) is 16.6. The zero-order chi connectivity index (χ0) is 19.1. The van der Waals surface area contributed by atoms with E-state index < -0.39 is 0 Å². The van der Waals surface area contributed by atoms with E-state index in [1.807, 2.05) is 13.1 Å². The van der Waals surface area contributed by atoms with Gasteiger partial charge in [-0.25, -0.2) is 4.39 Å². The maximum absolute atomic E-state index is 13.7. The lowest BCUT2D eigenvalue weighted by atomic mass is 9.86. The Hall–Kier alpha value is -2.09. The van der Waals surface area contributed by atoms with E-state index in [9.17, 15) is 4.39 Å². The van der Waals surface area contributed by atoms with Gasteiger partial charge in [0.25, 0.3) is 0 Å². The summed E-state index contributed by atoms with van der Waals surface area (Å²) < 4.78 is 13.7. The molecule has 2 unspecified atom stereocenters. The standard InChI is InChI=1S/C24H32FN/c1-6-7-8-12-19(4)22-15-9-10-16-23(22)24(18(2)3)26(5)21-14-11-13-20(25)17-21/h9-11,13-17,19,24H,2,6-8,12H2,1,3-5H3. The van der Waals surface area contributed by atoms with E-state index in [4.69, 9.17) is 0 Å². The van der Waals surface area contributed by atoms with Crippen molar-refractivity contribution in [2.75, 3.05) is 11.9 Å². The maximum Gasteiger partial charge on any atom is 0.125 e. The number of rotatable bonds is 9. The average molecular weight is 354 g/mol. The number of nitrogens with zero attached hydrogens (tertiary/aromatic N) is 1. The van der Waals surface area contributed by atoms with Crippen molar-refractivity contribution in [3.05, 3.63) is 77.6 Å². The van der Waals surface area contributed by atoms with Crippen molar-refractivity contribution in [3.8, 4) is 0 Å². The topological polar surface area (TPSA) is 3.24 Å². The van der Waals surface area contributed by atoms with Crippen LogP contribution in [0.3, 0.4) is 0 Å². The predicted molar refractivity (Wildman–Crippen MR) is 111 cm³/mol. The lowest BCUT2D eigenvalue weighted by Crippen LogP contribution is -2.26. The van der Waals surface area contributed by atoms with E-state index in [1.54, 1.807) is 12.1 Å². The Bertz CT molecular complexity index is 722. The molecule has 0 radical (unpaired) electrons. The molecule has 0 saturated heterocycles. The molecular formula is C24H32FN. The number of anilines is 1. The van der Waals surface area contributed by atoms with Crippen LogP contribution < -0.4 is 4.90 Å². The fourth-order valence-corrected chi connectivity index (χ4v) is 3.71. The zero-order valence-corrected chi connectivity index (χ0v) is 16.6. The molecule has 140 valence electrons. The first kappa shape index (κ1) is 20.2. The third kappa shape index (κ3) is 4.97. The number of likely N-dealkylation sites (N-methyl/N-ethyl adjacent to an activating group) is 1. The van der Waals surface area contributed by atoms with Gasteiger partial charge in [-0.2, -0.15) is 0 Å². The molecule has 0 aromatic heterocycles. The SMILES string of the molecule is C=C(C)C(c1ccccc1C(C)CCCCC)N(C)c1cccc(F)c1. The quantitative estimate of drug-likeness (QED) is 0.338. The summed E-state index contributed by atoms with van der Waals surface area (Å²) in [5.41, 5.74) is 4.58. The number of hydrogen-bond acceptors (Lipinski definition) is 1. The highest BCUT2D eigenvalue weighted by Crippen LogP contribution is 2.36. The van der Waals surface area contributed by atoms with Gasteiger partial charge in [0, 0.05) is 12.7 Å². The van der Waals surface area contributed by atoms with Gasteiger partial charge in [0.15, 0.2) is 0 Å². The molecule has 2 aromatic carbocycles. The van der Waals surface area contributed by atoms with Crippen molar-refractivity contribution in [1.29, 1.82) is 0 Å². The van der Waals surface area contributed by atoms with Gasteiger partial charge in [0.05, 0.1) is 6.04 Å². The first-order valence-electron chi connectivity index (χ1n) is 9.68. The molecule has 2 atom stereocenters. The molecule has 0 bridgehead atoms. The molecule has 2 heteroatoms. The van der Waals surface area contributed by atoms with Gasteiger partial charge in [-0.05, 0) is 48.6 Å². The highest BCUT2D eigenvalue weighted by molar-refractivity contribution is 5.52. The largest absolute Gasteiger partial charge is 0.364 e. The van der Waals surface area contributed by atoms with E-state index in [0.717, 1.165) is 11.3 Å². The summed E-state index contributed by atoms with van der Waals surface area (Å²) in [6.45, 7) is 10.8. The lowest BCUT2D eigenvalue weighted by Gasteiger charge is -2.33. The third-order valence-electron chi connectivity index (χ3n) is 5.13. The Morgan fingerprint density at radius 1 is 1.08 bits per heavy atom. The van der Waals surface area contributed by atoms with Crippen molar-refractivity contribution < 1.29 is 4.39 Å². The summed E-state index contributed by atoms with van der Waals surface area (Å²) in [7, 11) is 2.02. The molecule has 0 fully saturated rings. The predicted octanol–water partition coefficient (Wildman–Crippen LogP) is 7.26. The van der Waals surface area contributed by atoms with Gasteiger partial charge in [-0.1, -0.05) is 75.6 Å². The summed E-state index contributed by atoms with van der Waals surface area (Å²) >= 11 is 0. The molecule has 0 aliphatic heterocycles. The normalized spacial score (nSPS) is 13.3. The Labute approximate surface area is 158 Å². The molecule has 1 nitrogen and oxygen atoms in total. The number of unbranched alkanes of at least 4 members (excludes halogenated alkanes) is 2. The Balaban J connectivity index is 2.37. The first-order chi connectivity index (χ1) is 12.5. The van der Waals surface area contributed by atoms with Crippen LogP contribution >= 0.6 is 0 Å². The van der Waals surface area contributed by atoms with Gasteiger partial charge >= 0.3 is 0 Å². The van der Waals surface area contributed by atoms with E-state index >= 15 is 0 Å². The van der Waals surface area contributed by atoms with E-state index in [-0.39, 0.29) is 11.9 Å². The minimum absolute atomic E-state index is 0.0293. The van der Waals surface area contributed by atoms with Crippen LogP contribution in [0.2, 0.25) is 0 Å². The van der Waals surface area contributed by atoms with E-state index in [1.165, 1.54) is 42.9 Å². The molecule has 0 aliphatic carbocycles. The first-order valence-corrected chi connectivity index (χ1v) is 9.68. The highest BCUT2D eigenvalue weighted by Gasteiger charge is 2.23. The minimum atomic E-state index is -0.212.